The van der Waals surface area contributed by atoms with Gasteiger partial charge in [-0.25, -0.2) is 0 Å². The van der Waals surface area contributed by atoms with E-state index >= 15 is 0 Å². The van der Waals surface area contributed by atoms with Gasteiger partial charge in [0, 0.05) is 25.2 Å². The SMILES string of the molecule is CNC(CCCN)c1ccc2c(c1)CCC(=O)N2C. The molecular formula is C15H23N3O. The number of carbonyl (C=O) groups excluding carboxylic acids is 1. The Bertz CT molecular complexity index is 459. The van der Waals surface area contributed by atoms with E-state index in [9.17, 15) is 4.79 Å². The number of nitrogens with one attached hydrogen (secondary N) is 1. The summed E-state index contributed by atoms with van der Waals surface area (Å²) in [6.45, 7) is 0.723. The Labute approximate surface area is 115 Å². The molecule has 0 aromatic heterocycles. The molecule has 0 aliphatic carbocycles. The van der Waals surface area contributed by atoms with Crippen molar-refractivity contribution in [2.24, 2.45) is 5.73 Å². The maximum absolute atomic E-state index is 11.7. The second-order valence-corrected chi connectivity index (χ2v) is 5.11. The molecule has 1 unspecified atom stereocenters. The fraction of sp³-hybridized carbons (Fsp3) is 0.533. The third-order valence-electron chi connectivity index (χ3n) is 3.89. The second-order valence-electron chi connectivity index (χ2n) is 5.11. The van der Waals surface area contributed by atoms with E-state index < -0.39 is 0 Å². The first-order chi connectivity index (χ1) is 9.17. The highest BCUT2D eigenvalue weighted by Gasteiger charge is 2.21. The number of hydrogen-bond acceptors (Lipinski definition) is 3. The van der Waals surface area contributed by atoms with Gasteiger partial charge in [-0.1, -0.05) is 12.1 Å². The zero-order chi connectivity index (χ0) is 13.8. The van der Waals surface area contributed by atoms with Crippen molar-refractivity contribution in [1.29, 1.82) is 0 Å². The summed E-state index contributed by atoms with van der Waals surface area (Å²) >= 11 is 0. The molecule has 0 radical (unpaired) electrons. The molecule has 0 bridgehead atoms. The van der Waals surface area contributed by atoms with Crippen LogP contribution < -0.4 is 16.0 Å². The fourth-order valence-corrected chi connectivity index (χ4v) is 2.69. The number of nitrogens with two attached hydrogens (primary N) is 1. The maximum Gasteiger partial charge on any atom is 0.227 e. The Morgan fingerprint density at radius 1 is 1.42 bits per heavy atom. The average Bonchev–Trinajstić information content (AvgIpc) is 2.44. The van der Waals surface area contributed by atoms with Gasteiger partial charge in [-0.05, 0) is 50.0 Å². The Balaban J connectivity index is 2.23. The minimum atomic E-state index is 0.202. The summed E-state index contributed by atoms with van der Waals surface area (Å²) in [5.41, 5.74) is 9.19. The standard InChI is InChI=1S/C15H23N3O/c1-17-13(4-3-9-16)11-5-7-14-12(10-11)6-8-15(19)18(14)2/h5,7,10,13,17H,3-4,6,8-9,16H2,1-2H3. The molecule has 4 nitrogen and oxygen atoms in total. The van der Waals surface area contributed by atoms with Crippen LogP contribution in [-0.4, -0.2) is 26.5 Å². The number of anilines is 1. The van der Waals surface area contributed by atoms with Crippen LogP contribution in [0.4, 0.5) is 5.69 Å². The molecule has 19 heavy (non-hydrogen) atoms. The van der Waals surface area contributed by atoms with Crippen LogP contribution in [0.2, 0.25) is 0 Å². The summed E-state index contributed by atoms with van der Waals surface area (Å²) in [5.74, 6) is 0.202. The molecule has 1 aliphatic heterocycles. The molecule has 1 amide bonds. The molecule has 1 atom stereocenters. The predicted octanol–water partition coefficient (Wildman–Crippen LogP) is 1.59. The monoisotopic (exact) mass is 261 g/mol. The molecule has 3 N–H and O–H groups in total. The number of hydrogen-bond donors (Lipinski definition) is 2. The molecule has 0 saturated heterocycles. The van der Waals surface area contributed by atoms with Gasteiger partial charge in [0.15, 0.2) is 0 Å². The van der Waals surface area contributed by atoms with Gasteiger partial charge >= 0.3 is 0 Å². The van der Waals surface area contributed by atoms with Gasteiger partial charge in [0.1, 0.15) is 0 Å². The normalized spacial score (nSPS) is 16.4. The molecule has 0 saturated carbocycles. The first-order valence-electron chi connectivity index (χ1n) is 6.94. The number of amides is 1. The highest BCUT2D eigenvalue weighted by molar-refractivity contribution is 5.95. The lowest BCUT2D eigenvalue weighted by atomic mass is 9.94. The number of nitrogens with zero attached hydrogens (tertiary/aromatic N) is 1. The molecular weight excluding hydrogens is 238 g/mol. The fourth-order valence-electron chi connectivity index (χ4n) is 2.69. The van der Waals surface area contributed by atoms with Crippen LogP contribution in [0.3, 0.4) is 0 Å². The van der Waals surface area contributed by atoms with E-state index in [1.165, 1.54) is 11.1 Å². The minimum absolute atomic E-state index is 0.202. The molecule has 0 spiro atoms. The van der Waals surface area contributed by atoms with E-state index in [1.54, 1.807) is 4.90 Å². The van der Waals surface area contributed by atoms with Crippen molar-refractivity contribution >= 4 is 11.6 Å². The van der Waals surface area contributed by atoms with Crippen molar-refractivity contribution in [1.82, 2.24) is 5.32 Å². The van der Waals surface area contributed by atoms with Crippen LogP contribution in [0.5, 0.6) is 0 Å². The van der Waals surface area contributed by atoms with Crippen molar-refractivity contribution in [3.8, 4) is 0 Å². The topological polar surface area (TPSA) is 58.4 Å². The smallest absolute Gasteiger partial charge is 0.227 e. The number of rotatable bonds is 5. The van der Waals surface area contributed by atoms with Crippen molar-refractivity contribution in [3.05, 3.63) is 29.3 Å². The van der Waals surface area contributed by atoms with Gasteiger partial charge in [0.25, 0.3) is 0 Å². The number of aryl methyl sites for hydroxylation is 1. The Hall–Kier alpha value is -1.39. The van der Waals surface area contributed by atoms with Gasteiger partial charge in [0.2, 0.25) is 5.91 Å². The lowest BCUT2D eigenvalue weighted by molar-refractivity contribution is -0.118. The van der Waals surface area contributed by atoms with Gasteiger partial charge in [-0.15, -0.1) is 0 Å². The van der Waals surface area contributed by atoms with E-state index in [1.807, 2.05) is 14.1 Å². The largest absolute Gasteiger partial charge is 0.330 e. The molecule has 1 aromatic carbocycles. The summed E-state index contributed by atoms with van der Waals surface area (Å²) < 4.78 is 0. The van der Waals surface area contributed by atoms with Crippen molar-refractivity contribution < 1.29 is 4.79 Å². The van der Waals surface area contributed by atoms with E-state index in [4.69, 9.17) is 5.73 Å². The van der Waals surface area contributed by atoms with Crippen molar-refractivity contribution in [3.63, 3.8) is 0 Å². The molecule has 1 aliphatic rings. The lowest BCUT2D eigenvalue weighted by Gasteiger charge is -2.27. The van der Waals surface area contributed by atoms with E-state index in [2.05, 4.69) is 23.5 Å². The summed E-state index contributed by atoms with van der Waals surface area (Å²) in [7, 11) is 3.83. The van der Waals surface area contributed by atoms with Gasteiger partial charge in [-0.3, -0.25) is 4.79 Å². The summed E-state index contributed by atoms with van der Waals surface area (Å²) in [6, 6.07) is 6.76. The first kappa shape index (κ1) is 14.0. The molecule has 2 rings (SSSR count). The summed E-state index contributed by atoms with van der Waals surface area (Å²) in [5, 5.41) is 3.34. The second kappa shape index (κ2) is 6.17. The predicted molar refractivity (Wildman–Crippen MR) is 78.3 cm³/mol. The van der Waals surface area contributed by atoms with Crippen LogP contribution in [0, 0.1) is 0 Å². The van der Waals surface area contributed by atoms with Gasteiger partial charge in [0.05, 0.1) is 0 Å². The molecule has 1 heterocycles. The number of fused-ring (bicyclic) bond motifs is 1. The molecule has 0 fully saturated rings. The van der Waals surface area contributed by atoms with Crippen molar-refractivity contribution in [2.75, 3.05) is 25.5 Å². The Kier molecular flexibility index (Phi) is 4.56. The zero-order valence-corrected chi connectivity index (χ0v) is 11.8. The Morgan fingerprint density at radius 3 is 2.89 bits per heavy atom. The van der Waals surface area contributed by atoms with Crippen LogP contribution in [0.25, 0.3) is 0 Å². The Morgan fingerprint density at radius 2 is 2.21 bits per heavy atom. The zero-order valence-electron chi connectivity index (χ0n) is 11.8. The van der Waals surface area contributed by atoms with Crippen LogP contribution in [0.1, 0.15) is 36.4 Å². The molecule has 1 aromatic rings. The molecule has 104 valence electrons. The van der Waals surface area contributed by atoms with Crippen molar-refractivity contribution in [2.45, 2.75) is 31.7 Å². The van der Waals surface area contributed by atoms with Gasteiger partial charge in [-0.2, -0.15) is 0 Å². The summed E-state index contributed by atoms with van der Waals surface area (Å²) in [6.07, 6.45) is 3.52. The number of benzene rings is 1. The third-order valence-corrected chi connectivity index (χ3v) is 3.89. The van der Waals surface area contributed by atoms with Gasteiger partial charge < -0.3 is 16.0 Å². The van der Waals surface area contributed by atoms with Crippen LogP contribution in [0.15, 0.2) is 18.2 Å². The molecule has 4 heteroatoms. The highest BCUT2D eigenvalue weighted by atomic mass is 16.2. The first-order valence-corrected chi connectivity index (χ1v) is 6.94. The van der Waals surface area contributed by atoms with Crippen LogP contribution in [-0.2, 0) is 11.2 Å². The average molecular weight is 261 g/mol. The maximum atomic E-state index is 11.7. The lowest BCUT2D eigenvalue weighted by Crippen LogP contribution is -2.31. The number of carbonyl (C=O) groups is 1. The van der Waals surface area contributed by atoms with E-state index in [0.717, 1.165) is 31.5 Å². The van der Waals surface area contributed by atoms with E-state index in [-0.39, 0.29) is 5.91 Å². The highest BCUT2D eigenvalue weighted by Crippen LogP contribution is 2.30. The summed E-state index contributed by atoms with van der Waals surface area (Å²) in [4.78, 5) is 13.4. The third kappa shape index (κ3) is 2.96. The van der Waals surface area contributed by atoms with Crippen LogP contribution >= 0.6 is 0 Å². The minimum Gasteiger partial charge on any atom is -0.330 e. The van der Waals surface area contributed by atoms with E-state index in [0.29, 0.717) is 12.5 Å². The quantitative estimate of drug-likeness (QED) is 0.846.